The summed E-state index contributed by atoms with van der Waals surface area (Å²) < 4.78 is 5.29. The number of pyridine rings is 1. The first-order valence-electron chi connectivity index (χ1n) is 7.64. The van der Waals surface area contributed by atoms with Crippen LogP contribution >= 0.6 is 0 Å². The molecular formula is C19H19N3O3. The Hall–Kier alpha value is -3.41. The van der Waals surface area contributed by atoms with Gasteiger partial charge in [-0.25, -0.2) is 0 Å². The van der Waals surface area contributed by atoms with E-state index in [1.807, 2.05) is 13.0 Å². The molecule has 25 heavy (non-hydrogen) atoms. The first-order chi connectivity index (χ1) is 12.1. The summed E-state index contributed by atoms with van der Waals surface area (Å²) in [6, 6.07) is 8.34. The van der Waals surface area contributed by atoms with E-state index in [-0.39, 0.29) is 11.8 Å². The van der Waals surface area contributed by atoms with Gasteiger partial charge in [0, 0.05) is 30.2 Å². The molecule has 0 aliphatic heterocycles. The Morgan fingerprint density at radius 1 is 1.16 bits per heavy atom. The molecule has 0 saturated carbocycles. The molecule has 1 aromatic heterocycles. The van der Waals surface area contributed by atoms with Crippen molar-refractivity contribution in [1.82, 2.24) is 4.98 Å². The number of nitrogens with one attached hydrogen (secondary N) is 2. The first-order valence-corrected chi connectivity index (χ1v) is 7.64. The minimum Gasteiger partial charge on any atom is -0.494 e. The van der Waals surface area contributed by atoms with Gasteiger partial charge in [0.1, 0.15) is 5.75 Å². The summed E-state index contributed by atoms with van der Waals surface area (Å²) in [5.41, 5.74) is 1.50. The fourth-order valence-corrected chi connectivity index (χ4v) is 2.00. The predicted molar refractivity (Wildman–Crippen MR) is 97.8 cm³/mol. The van der Waals surface area contributed by atoms with Crippen molar-refractivity contribution in [1.29, 1.82) is 0 Å². The van der Waals surface area contributed by atoms with E-state index in [1.165, 1.54) is 19.4 Å². The molecule has 1 heterocycles. The average Bonchev–Trinajstić information content (AvgIpc) is 2.63. The van der Waals surface area contributed by atoms with Gasteiger partial charge in [-0.05, 0) is 31.2 Å². The fourth-order valence-electron chi connectivity index (χ4n) is 2.00. The number of benzene rings is 1. The summed E-state index contributed by atoms with van der Waals surface area (Å²) in [6.07, 6.45) is 9.73. The molecule has 0 spiro atoms. The predicted octanol–water partition coefficient (Wildman–Crippen LogP) is 3.41. The number of hydrogen-bond donors (Lipinski definition) is 2. The van der Waals surface area contributed by atoms with Crippen LogP contribution < -0.4 is 15.4 Å². The van der Waals surface area contributed by atoms with Gasteiger partial charge < -0.3 is 15.4 Å². The molecule has 128 valence electrons. The maximum absolute atomic E-state index is 12.2. The van der Waals surface area contributed by atoms with Crippen molar-refractivity contribution >= 4 is 23.2 Å². The monoisotopic (exact) mass is 337 g/mol. The molecule has 6 heteroatoms. The number of rotatable bonds is 6. The normalized spacial score (nSPS) is 10.8. The largest absolute Gasteiger partial charge is 0.494 e. The second kappa shape index (κ2) is 9.02. The molecule has 0 radical (unpaired) electrons. The molecule has 0 saturated heterocycles. The molecule has 0 fully saturated rings. The van der Waals surface area contributed by atoms with Gasteiger partial charge in [-0.1, -0.05) is 18.2 Å². The number of nitrogens with zero attached hydrogens (tertiary/aromatic N) is 1. The Balaban J connectivity index is 2.11. The minimum absolute atomic E-state index is 0.257. The number of aromatic nitrogens is 1. The van der Waals surface area contributed by atoms with Gasteiger partial charge in [-0.3, -0.25) is 14.6 Å². The highest BCUT2D eigenvalue weighted by Crippen LogP contribution is 2.28. The van der Waals surface area contributed by atoms with E-state index in [0.717, 1.165) is 0 Å². The van der Waals surface area contributed by atoms with Gasteiger partial charge in [0.2, 0.25) is 5.91 Å². The molecule has 0 atom stereocenters. The van der Waals surface area contributed by atoms with Gasteiger partial charge in [-0.15, -0.1) is 0 Å². The summed E-state index contributed by atoms with van der Waals surface area (Å²) in [4.78, 5) is 27.9. The Bertz CT molecular complexity index is 799. The van der Waals surface area contributed by atoms with E-state index in [2.05, 4.69) is 15.6 Å². The van der Waals surface area contributed by atoms with Crippen LogP contribution in [0.1, 0.15) is 17.3 Å². The van der Waals surface area contributed by atoms with Gasteiger partial charge in [0.05, 0.1) is 18.4 Å². The average molecular weight is 337 g/mol. The number of carbonyl (C=O) groups is 2. The van der Waals surface area contributed by atoms with Gasteiger partial charge in [-0.2, -0.15) is 0 Å². The van der Waals surface area contributed by atoms with Crippen LogP contribution in [0.5, 0.6) is 5.75 Å². The van der Waals surface area contributed by atoms with Crippen LogP contribution in [0.3, 0.4) is 0 Å². The van der Waals surface area contributed by atoms with Crippen LogP contribution in [-0.2, 0) is 4.79 Å². The van der Waals surface area contributed by atoms with Gasteiger partial charge in [0.25, 0.3) is 5.91 Å². The maximum Gasteiger partial charge on any atom is 0.257 e. The lowest BCUT2D eigenvalue weighted by atomic mass is 10.2. The second-order valence-corrected chi connectivity index (χ2v) is 4.99. The summed E-state index contributed by atoms with van der Waals surface area (Å²) in [5.74, 6) is -0.114. The molecule has 0 aliphatic rings. The molecular weight excluding hydrogens is 318 g/mol. The molecule has 2 amide bonds. The van der Waals surface area contributed by atoms with E-state index >= 15 is 0 Å². The zero-order valence-electron chi connectivity index (χ0n) is 14.0. The summed E-state index contributed by atoms with van der Waals surface area (Å²) in [7, 11) is 1.49. The number of amides is 2. The maximum atomic E-state index is 12.2. The SMILES string of the molecule is CC=CC=CC(=O)Nc1ccc(NC(=O)c2cccnc2)c(OC)c1. The molecule has 1 aromatic carbocycles. The summed E-state index contributed by atoms with van der Waals surface area (Å²) in [6.45, 7) is 1.87. The van der Waals surface area contributed by atoms with E-state index in [0.29, 0.717) is 22.7 Å². The Morgan fingerprint density at radius 3 is 2.68 bits per heavy atom. The van der Waals surface area contributed by atoms with Gasteiger partial charge in [0.15, 0.2) is 0 Å². The Morgan fingerprint density at radius 2 is 2.00 bits per heavy atom. The topological polar surface area (TPSA) is 80.3 Å². The number of methoxy groups -OCH3 is 1. The van der Waals surface area contributed by atoms with E-state index in [4.69, 9.17) is 4.74 Å². The lowest BCUT2D eigenvalue weighted by Gasteiger charge is -2.12. The van der Waals surface area contributed by atoms with Crippen molar-refractivity contribution in [3.63, 3.8) is 0 Å². The van der Waals surface area contributed by atoms with Crippen LogP contribution in [0.15, 0.2) is 67.0 Å². The summed E-state index contributed by atoms with van der Waals surface area (Å²) >= 11 is 0. The molecule has 2 rings (SSSR count). The van der Waals surface area contributed by atoms with Crippen molar-refractivity contribution in [2.75, 3.05) is 17.7 Å². The molecule has 2 aromatic rings. The third kappa shape index (κ3) is 5.31. The zero-order chi connectivity index (χ0) is 18.1. The number of carbonyl (C=O) groups excluding carboxylic acids is 2. The Kier molecular flexibility index (Phi) is 6.47. The van der Waals surface area contributed by atoms with Crippen LogP contribution in [0.4, 0.5) is 11.4 Å². The van der Waals surface area contributed by atoms with E-state index < -0.39 is 0 Å². The first kappa shape index (κ1) is 17.9. The molecule has 2 N–H and O–H groups in total. The lowest BCUT2D eigenvalue weighted by molar-refractivity contribution is -0.111. The van der Waals surface area contributed by atoms with Crippen LogP contribution in [0, 0.1) is 0 Å². The number of hydrogen-bond acceptors (Lipinski definition) is 4. The fraction of sp³-hybridized carbons (Fsp3) is 0.105. The smallest absolute Gasteiger partial charge is 0.257 e. The van der Waals surface area contributed by atoms with E-state index in [1.54, 1.807) is 48.7 Å². The highest BCUT2D eigenvalue weighted by molar-refractivity contribution is 6.05. The second-order valence-electron chi connectivity index (χ2n) is 4.99. The number of anilines is 2. The molecule has 0 aliphatic carbocycles. The van der Waals surface area contributed by atoms with Crippen molar-refractivity contribution in [3.8, 4) is 5.75 Å². The van der Waals surface area contributed by atoms with Crippen molar-refractivity contribution < 1.29 is 14.3 Å². The minimum atomic E-state index is -0.294. The van der Waals surface area contributed by atoms with Crippen molar-refractivity contribution in [2.45, 2.75) is 6.92 Å². The van der Waals surface area contributed by atoms with Crippen LogP contribution in [0.25, 0.3) is 0 Å². The van der Waals surface area contributed by atoms with Crippen LogP contribution in [-0.4, -0.2) is 23.9 Å². The standard InChI is InChI=1S/C19H19N3O3/c1-3-4-5-8-18(23)21-15-9-10-16(17(12-15)25-2)22-19(24)14-7-6-11-20-13-14/h3-13H,1-2H3,(H,21,23)(H,22,24). The molecule has 0 unspecified atom stereocenters. The third-order valence-electron chi connectivity index (χ3n) is 3.19. The highest BCUT2D eigenvalue weighted by atomic mass is 16.5. The zero-order valence-corrected chi connectivity index (χ0v) is 14.0. The quantitative estimate of drug-likeness (QED) is 0.625. The molecule has 0 bridgehead atoms. The van der Waals surface area contributed by atoms with E-state index in [9.17, 15) is 9.59 Å². The molecule has 6 nitrogen and oxygen atoms in total. The van der Waals surface area contributed by atoms with Crippen LogP contribution in [0.2, 0.25) is 0 Å². The van der Waals surface area contributed by atoms with Crippen molar-refractivity contribution in [2.24, 2.45) is 0 Å². The number of allylic oxidation sites excluding steroid dienone is 3. The summed E-state index contributed by atoms with van der Waals surface area (Å²) in [5, 5.41) is 5.49. The third-order valence-corrected chi connectivity index (χ3v) is 3.19. The highest BCUT2D eigenvalue weighted by Gasteiger charge is 2.11. The lowest BCUT2D eigenvalue weighted by Crippen LogP contribution is -2.13. The van der Waals surface area contributed by atoms with Crippen molar-refractivity contribution in [3.05, 3.63) is 72.6 Å². The Labute approximate surface area is 146 Å². The number of ether oxygens (including phenoxy) is 1. The van der Waals surface area contributed by atoms with Gasteiger partial charge >= 0.3 is 0 Å².